The predicted octanol–water partition coefficient (Wildman–Crippen LogP) is 1.44. The van der Waals surface area contributed by atoms with Crippen LogP contribution in [0.15, 0.2) is 0 Å². The maximum absolute atomic E-state index is 12.0. The third kappa shape index (κ3) is 4.46. The fraction of sp³-hybridized carbons (Fsp3) is 0.933. The van der Waals surface area contributed by atoms with Crippen LogP contribution in [0.2, 0.25) is 0 Å². The highest BCUT2D eigenvalue weighted by Crippen LogP contribution is 2.35. The molecule has 1 amide bonds. The van der Waals surface area contributed by atoms with Crippen LogP contribution in [0, 0.1) is 11.3 Å². The van der Waals surface area contributed by atoms with Crippen molar-refractivity contribution in [3.63, 3.8) is 0 Å². The summed E-state index contributed by atoms with van der Waals surface area (Å²) >= 11 is 0. The van der Waals surface area contributed by atoms with Crippen molar-refractivity contribution in [2.45, 2.75) is 51.4 Å². The molecule has 0 spiro atoms. The molecule has 2 fully saturated rings. The van der Waals surface area contributed by atoms with Gasteiger partial charge in [-0.1, -0.05) is 19.3 Å². The Labute approximate surface area is 116 Å². The van der Waals surface area contributed by atoms with Gasteiger partial charge < -0.3 is 15.7 Å². The summed E-state index contributed by atoms with van der Waals surface area (Å²) in [6.45, 7) is 2.92. The van der Waals surface area contributed by atoms with Gasteiger partial charge in [0.1, 0.15) is 0 Å². The SMILES string of the molecule is O=C(CC1CCCNC1)NCC1(CO)CCCCC1. The quantitative estimate of drug-likeness (QED) is 0.707. The van der Waals surface area contributed by atoms with Crippen molar-refractivity contribution in [2.24, 2.45) is 11.3 Å². The Bertz CT molecular complexity index is 282. The Hall–Kier alpha value is -0.610. The summed E-state index contributed by atoms with van der Waals surface area (Å²) in [6.07, 6.45) is 8.71. The van der Waals surface area contributed by atoms with Crippen molar-refractivity contribution in [1.29, 1.82) is 0 Å². The molecule has 2 rings (SSSR count). The maximum Gasteiger partial charge on any atom is 0.220 e. The molecule has 110 valence electrons. The fourth-order valence-electron chi connectivity index (χ4n) is 3.41. The molecular weight excluding hydrogens is 240 g/mol. The second-order valence-corrected chi connectivity index (χ2v) is 6.41. The molecule has 0 aromatic heterocycles. The number of carbonyl (C=O) groups is 1. The van der Waals surface area contributed by atoms with Gasteiger partial charge in [-0.2, -0.15) is 0 Å². The van der Waals surface area contributed by atoms with Crippen LogP contribution in [0.25, 0.3) is 0 Å². The highest BCUT2D eigenvalue weighted by molar-refractivity contribution is 5.76. The number of carbonyl (C=O) groups excluding carboxylic acids is 1. The summed E-state index contributed by atoms with van der Waals surface area (Å²) in [5, 5.41) is 16.0. The van der Waals surface area contributed by atoms with E-state index in [2.05, 4.69) is 10.6 Å². The van der Waals surface area contributed by atoms with Crippen LogP contribution >= 0.6 is 0 Å². The molecule has 1 saturated heterocycles. The molecule has 1 unspecified atom stereocenters. The summed E-state index contributed by atoms with van der Waals surface area (Å²) in [4.78, 5) is 12.0. The highest BCUT2D eigenvalue weighted by Gasteiger charge is 2.31. The molecule has 1 aliphatic heterocycles. The maximum atomic E-state index is 12.0. The number of amides is 1. The van der Waals surface area contributed by atoms with Crippen LogP contribution in [0.4, 0.5) is 0 Å². The van der Waals surface area contributed by atoms with Gasteiger partial charge in [0.15, 0.2) is 0 Å². The third-order valence-corrected chi connectivity index (χ3v) is 4.78. The van der Waals surface area contributed by atoms with Crippen LogP contribution in [-0.2, 0) is 4.79 Å². The minimum absolute atomic E-state index is 0.0429. The van der Waals surface area contributed by atoms with E-state index in [0.29, 0.717) is 18.9 Å². The second kappa shape index (κ2) is 7.25. The van der Waals surface area contributed by atoms with Gasteiger partial charge in [-0.25, -0.2) is 0 Å². The van der Waals surface area contributed by atoms with Gasteiger partial charge >= 0.3 is 0 Å². The molecule has 0 aromatic carbocycles. The van der Waals surface area contributed by atoms with E-state index < -0.39 is 0 Å². The van der Waals surface area contributed by atoms with Crippen molar-refractivity contribution in [3.05, 3.63) is 0 Å². The topological polar surface area (TPSA) is 61.4 Å². The van der Waals surface area contributed by atoms with Crippen LogP contribution in [0.1, 0.15) is 51.4 Å². The van der Waals surface area contributed by atoms with E-state index in [-0.39, 0.29) is 17.9 Å². The van der Waals surface area contributed by atoms with Crippen LogP contribution in [0.5, 0.6) is 0 Å². The van der Waals surface area contributed by atoms with Gasteiger partial charge in [-0.05, 0) is 44.7 Å². The Morgan fingerprint density at radius 1 is 1.26 bits per heavy atom. The average Bonchev–Trinajstić information content (AvgIpc) is 2.47. The lowest BCUT2D eigenvalue weighted by molar-refractivity contribution is -0.123. The molecule has 1 saturated carbocycles. The van der Waals surface area contributed by atoms with Crippen molar-refractivity contribution in [1.82, 2.24) is 10.6 Å². The molecule has 1 aliphatic carbocycles. The molecule has 19 heavy (non-hydrogen) atoms. The first kappa shape index (κ1) is 14.8. The van der Waals surface area contributed by atoms with Crippen molar-refractivity contribution < 1.29 is 9.90 Å². The number of hydrogen-bond donors (Lipinski definition) is 3. The van der Waals surface area contributed by atoms with Crippen molar-refractivity contribution >= 4 is 5.91 Å². The molecule has 4 heteroatoms. The fourth-order valence-corrected chi connectivity index (χ4v) is 3.41. The van der Waals surface area contributed by atoms with Gasteiger partial charge in [0.2, 0.25) is 5.91 Å². The minimum atomic E-state index is -0.0429. The molecule has 3 N–H and O–H groups in total. The van der Waals surface area contributed by atoms with E-state index in [1.54, 1.807) is 0 Å². The molecule has 1 atom stereocenters. The van der Waals surface area contributed by atoms with Gasteiger partial charge in [-0.3, -0.25) is 4.79 Å². The zero-order valence-corrected chi connectivity index (χ0v) is 11.9. The highest BCUT2D eigenvalue weighted by atomic mass is 16.3. The standard InChI is InChI=1S/C15H28N2O2/c18-12-15(6-2-1-3-7-15)11-17-14(19)9-13-5-4-8-16-10-13/h13,16,18H,1-12H2,(H,17,19). The molecule has 0 bridgehead atoms. The van der Waals surface area contributed by atoms with E-state index in [0.717, 1.165) is 32.4 Å². The van der Waals surface area contributed by atoms with E-state index in [9.17, 15) is 9.90 Å². The van der Waals surface area contributed by atoms with Gasteiger partial charge in [0, 0.05) is 18.4 Å². The number of hydrogen-bond acceptors (Lipinski definition) is 3. The first-order valence-electron chi connectivity index (χ1n) is 7.82. The lowest BCUT2D eigenvalue weighted by Gasteiger charge is -2.35. The third-order valence-electron chi connectivity index (χ3n) is 4.78. The number of piperidine rings is 1. The number of aliphatic hydroxyl groups is 1. The minimum Gasteiger partial charge on any atom is -0.396 e. The van der Waals surface area contributed by atoms with Crippen molar-refractivity contribution in [3.8, 4) is 0 Å². The summed E-state index contributed by atoms with van der Waals surface area (Å²) in [7, 11) is 0. The lowest BCUT2D eigenvalue weighted by atomic mass is 9.74. The molecule has 0 aromatic rings. The van der Waals surface area contributed by atoms with Gasteiger partial charge in [0.25, 0.3) is 0 Å². The first-order chi connectivity index (χ1) is 9.24. The lowest BCUT2D eigenvalue weighted by Crippen LogP contribution is -2.42. The molecule has 2 aliphatic rings. The molecule has 4 nitrogen and oxygen atoms in total. The normalized spacial score (nSPS) is 26.9. The van der Waals surface area contributed by atoms with Crippen LogP contribution in [-0.4, -0.2) is 37.3 Å². The van der Waals surface area contributed by atoms with Crippen LogP contribution < -0.4 is 10.6 Å². The molecular formula is C15H28N2O2. The average molecular weight is 268 g/mol. The zero-order chi connectivity index (χ0) is 13.6. The van der Waals surface area contributed by atoms with E-state index in [1.165, 1.54) is 25.7 Å². The summed E-state index contributed by atoms with van der Waals surface area (Å²) < 4.78 is 0. The summed E-state index contributed by atoms with van der Waals surface area (Å²) in [5.74, 6) is 0.650. The zero-order valence-electron chi connectivity index (χ0n) is 11.9. The van der Waals surface area contributed by atoms with Gasteiger partial charge in [-0.15, -0.1) is 0 Å². The predicted molar refractivity (Wildman–Crippen MR) is 75.8 cm³/mol. The monoisotopic (exact) mass is 268 g/mol. The van der Waals surface area contributed by atoms with Crippen LogP contribution in [0.3, 0.4) is 0 Å². The number of nitrogens with one attached hydrogen (secondary N) is 2. The summed E-state index contributed by atoms with van der Waals surface area (Å²) in [6, 6.07) is 0. The Morgan fingerprint density at radius 3 is 2.68 bits per heavy atom. The first-order valence-corrected chi connectivity index (χ1v) is 7.82. The largest absolute Gasteiger partial charge is 0.396 e. The Balaban J connectivity index is 1.72. The van der Waals surface area contributed by atoms with E-state index in [1.807, 2.05) is 0 Å². The Kier molecular flexibility index (Phi) is 5.64. The number of aliphatic hydroxyl groups excluding tert-OH is 1. The smallest absolute Gasteiger partial charge is 0.220 e. The van der Waals surface area contributed by atoms with E-state index >= 15 is 0 Å². The second-order valence-electron chi connectivity index (χ2n) is 6.41. The van der Waals surface area contributed by atoms with E-state index in [4.69, 9.17) is 0 Å². The summed E-state index contributed by atoms with van der Waals surface area (Å²) in [5.41, 5.74) is -0.0429. The van der Waals surface area contributed by atoms with Gasteiger partial charge in [0.05, 0.1) is 6.61 Å². The molecule has 0 radical (unpaired) electrons. The molecule has 1 heterocycles. The Morgan fingerprint density at radius 2 is 2.05 bits per heavy atom. The number of rotatable bonds is 5. The van der Waals surface area contributed by atoms with Crippen molar-refractivity contribution in [2.75, 3.05) is 26.2 Å².